The molecule has 1 aromatic rings. The lowest BCUT2D eigenvalue weighted by molar-refractivity contribution is 0.0691. The van der Waals surface area contributed by atoms with Gasteiger partial charge in [0.1, 0.15) is 5.56 Å². The van der Waals surface area contributed by atoms with E-state index in [1.807, 2.05) is 23.6 Å². The second kappa shape index (κ2) is 5.14. The van der Waals surface area contributed by atoms with Gasteiger partial charge < -0.3 is 10.0 Å². The monoisotopic (exact) mass is 270 g/mol. The molecule has 1 saturated heterocycles. The smallest absolute Gasteiger partial charge is 0.338 e. The first-order valence-corrected chi connectivity index (χ1v) is 6.83. The van der Waals surface area contributed by atoms with Crippen LogP contribution in [-0.4, -0.2) is 39.6 Å². The first kappa shape index (κ1) is 13.1. The third-order valence-electron chi connectivity index (χ3n) is 3.26. The van der Waals surface area contributed by atoms with Crippen LogP contribution >= 0.6 is 11.8 Å². The summed E-state index contributed by atoms with van der Waals surface area (Å²) in [5.74, 6) is -0.960. The summed E-state index contributed by atoms with van der Waals surface area (Å²) in [4.78, 5) is 16.8. The van der Waals surface area contributed by atoms with E-state index < -0.39 is 11.8 Å². The zero-order valence-corrected chi connectivity index (χ0v) is 11.1. The first-order valence-electron chi connectivity index (χ1n) is 5.78. The van der Waals surface area contributed by atoms with E-state index in [0.29, 0.717) is 11.8 Å². The van der Waals surface area contributed by atoms with Gasteiger partial charge in [0.25, 0.3) is 0 Å². The number of carboxylic acids is 1. The summed E-state index contributed by atoms with van der Waals surface area (Å²) >= 11 is 1.83. The molecule has 2 atom stereocenters. The van der Waals surface area contributed by atoms with Gasteiger partial charge in [0.2, 0.25) is 0 Å². The Hall–Kier alpha value is -1.30. The number of nitrogens with zero attached hydrogens (tertiary/aromatic N) is 2. The number of thioether (sulfide) groups is 1. The van der Waals surface area contributed by atoms with Gasteiger partial charge in [0.05, 0.1) is 0 Å². The Labute approximate surface area is 109 Å². The van der Waals surface area contributed by atoms with Crippen LogP contribution in [0.2, 0.25) is 0 Å². The summed E-state index contributed by atoms with van der Waals surface area (Å²) in [7, 11) is 0. The zero-order chi connectivity index (χ0) is 13.3. The van der Waals surface area contributed by atoms with Crippen molar-refractivity contribution in [3.63, 3.8) is 0 Å². The maximum atomic E-state index is 14.1. The van der Waals surface area contributed by atoms with Crippen molar-refractivity contribution in [3.05, 3.63) is 23.6 Å². The highest BCUT2D eigenvalue weighted by atomic mass is 32.2. The molecule has 1 fully saturated rings. The molecule has 98 valence electrons. The molecule has 1 N–H and O–H groups in total. The number of aromatic nitrogens is 1. The number of halogens is 1. The van der Waals surface area contributed by atoms with Crippen molar-refractivity contribution in [2.75, 3.05) is 17.2 Å². The molecular formula is C12H15FN2O2S. The molecule has 2 rings (SSSR count). The van der Waals surface area contributed by atoms with E-state index in [-0.39, 0.29) is 17.4 Å². The van der Waals surface area contributed by atoms with Gasteiger partial charge in [-0.15, -0.1) is 0 Å². The van der Waals surface area contributed by atoms with Crippen LogP contribution in [0.3, 0.4) is 0 Å². The molecule has 18 heavy (non-hydrogen) atoms. The van der Waals surface area contributed by atoms with Crippen LogP contribution < -0.4 is 4.90 Å². The second-order valence-corrected chi connectivity index (χ2v) is 5.80. The summed E-state index contributed by atoms with van der Waals surface area (Å²) in [5, 5.41) is 9.28. The molecule has 0 spiro atoms. The lowest BCUT2D eigenvalue weighted by Gasteiger charge is -2.38. The number of hydrogen-bond acceptors (Lipinski definition) is 4. The quantitative estimate of drug-likeness (QED) is 0.893. The molecule has 1 aliphatic rings. The minimum atomic E-state index is -1.26. The highest BCUT2D eigenvalue weighted by molar-refractivity contribution is 8.00. The molecule has 2 heterocycles. The van der Waals surface area contributed by atoms with E-state index in [1.165, 1.54) is 12.3 Å². The molecule has 0 aromatic carbocycles. The van der Waals surface area contributed by atoms with Crippen molar-refractivity contribution >= 4 is 23.5 Å². The number of carboxylic acid groups (broad SMARTS) is 1. The highest BCUT2D eigenvalue weighted by Gasteiger charge is 2.29. The van der Waals surface area contributed by atoms with Gasteiger partial charge in [-0.1, -0.05) is 6.92 Å². The molecule has 2 unspecified atom stereocenters. The molecule has 0 saturated carbocycles. The summed E-state index contributed by atoms with van der Waals surface area (Å²) in [6, 6.07) is 1.32. The van der Waals surface area contributed by atoms with Crippen LogP contribution in [0, 0.1) is 5.82 Å². The van der Waals surface area contributed by atoms with Crippen LogP contribution in [0.4, 0.5) is 10.2 Å². The normalized spacial score (nSPS) is 24.1. The Morgan fingerprint density at radius 2 is 2.33 bits per heavy atom. The maximum absolute atomic E-state index is 14.1. The van der Waals surface area contributed by atoms with Gasteiger partial charge in [0, 0.05) is 29.8 Å². The lowest BCUT2D eigenvalue weighted by Crippen LogP contribution is -2.45. The number of hydrogen-bond donors (Lipinski definition) is 1. The van der Waals surface area contributed by atoms with E-state index in [4.69, 9.17) is 5.11 Å². The second-order valence-electron chi connectivity index (χ2n) is 4.31. The van der Waals surface area contributed by atoms with Crippen molar-refractivity contribution in [2.24, 2.45) is 0 Å². The number of aromatic carboxylic acids is 1. The molecule has 0 aliphatic carbocycles. The van der Waals surface area contributed by atoms with Gasteiger partial charge in [-0.3, -0.25) is 0 Å². The van der Waals surface area contributed by atoms with Crippen molar-refractivity contribution in [3.8, 4) is 0 Å². The number of pyridine rings is 1. The molecule has 0 bridgehead atoms. The Morgan fingerprint density at radius 1 is 1.61 bits per heavy atom. The topological polar surface area (TPSA) is 53.4 Å². The minimum Gasteiger partial charge on any atom is -0.478 e. The van der Waals surface area contributed by atoms with Gasteiger partial charge >= 0.3 is 5.97 Å². The van der Waals surface area contributed by atoms with E-state index in [1.54, 1.807) is 0 Å². The molecule has 4 nitrogen and oxygen atoms in total. The Balaban J connectivity index is 2.38. The maximum Gasteiger partial charge on any atom is 0.338 e. The summed E-state index contributed by atoms with van der Waals surface area (Å²) in [6.07, 6.45) is 1.35. The molecule has 1 aromatic heterocycles. The highest BCUT2D eigenvalue weighted by Crippen LogP contribution is 2.30. The fraction of sp³-hybridized carbons (Fsp3) is 0.500. The summed E-state index contributed by atoms with van der Waals surface area (Å²) in [5.41, 5.74) is -0.321. The van der Waals surface area contributed by atoms with E-state index in [2.05, 4.69) is 11.9 Å². The van der Waals surface area contributed by atoms with Crippen molar-refractivity contribution < 1.29 is 14.3 Å². The third kappa shape index (κ3) is 2.29. The average Bonchev–Trinajstić information content (AvgIpc) is 2.33. The van der Waals surface area contributed by atoms with Gasteiger partial charge in [0.15, 0.2) is 11.6 Å². The van der Waals surface area contributed by atoms with Crippen LogP contribution in [-0.2, 0) is 0 Å². The predicted molar refractivity (Wildman–Crippen MR) is 69.9 cm³/mol. The fourth-order valence-electron chi connectivity index (χ4n) is 2.03. The Bertz CT molecular complexity index is 469. The number of rotatable bonds is 2. The molecule has 6 heteroatoms. The van der Waals surface area contributed by atoms with E-state index in [9.17, 15) is 9.18 Å². The lowest BCUT2D eigenvalue weighted by atomic mass is 10.1. The van der Waals surface area contributed by atoms with Gasteiger partial charge in [-0.2, -0.15) is 11.8 Å². The van der Waals surface area contributed by atoms with Crippen LogP contribution in [0.25, 0.3) is 0 Å². The van der Waals surface area contributed by atoms with Crippen molar-refractivity contribution in [2.45, 2.75) is 25.1 Å². The Morgan fingerprint density at radius 3 is 3.00 bits per heavy atom. The van der Waals surface area contributed by atoms with Crippen molar-refractivity contribution in [1.29, 1.82) is 0 Å². The third-order valence-corrected chi connectivity index (χ3v) is 4.60. The fourth-order valence-corrected chi connectivity index (χ4v) is 3.13. The SMILES string of the molecule is CC1SCCN(c2nccc(C(=O)O)c2F)C1C. The van der Waals surface area contributed by atoms with E-state index in [0.717, 1.165) is 5.75 Å². The average molecular weight is 270 g/mol. The van der Waals surface area contributed by atoms with Gasteiger partial charge in [-0.05, 0) is 13.0 Å². The van der Waals surface area contributed by atoms with Crippen LogP contribution in [0.1, 0.15) is 24.2 Å². The standard InChI is InChI=1S/C12H15FN2O2S/c1-7-8(2)18-6-5-15(7)11-10(13)9(12(16)17)3-4-14-11/h3-4,7-8H,5-6H2,1-2H3,(H,16,17). The zero-order valence-electron chi connectivity index (χ0n) is 10.3. The molecular weight excluding hydrogens is 255 g/mol. The molecule has 1 aliphatic heterocycles. The minimum absolute atomic E-state index is 0.134. The molecule has 0 radical (unpaired) electrons. The number of carbonyl (C=O) groups is 1. The summed E-state index contributed by atoms with van der Waals surface area (Å²) in [6.45, 7) is 4.77. The largest absolute Gasteiger partial charge is 0.478 e. The summed E-state index contributed by atoms with van der Waals surface area (Å²) < 4.78 is 14.1. The van der Waals surface area contributed by atoms with Crippen LogP contribution in [0.5, 0.6) is 0 Å². The van der Waals surface area contributed by atoms with E-state index >= 15 is 0 Å². The van der Waals surface area contributed by atoms with Gasteiger partial charge in [-0.25, -0.2) is 14.2 Å². The Kier molecular flexibility index (Phi) is 3.75. The molecule has 0 amide bonds. The number of anilines is 1. The first-order chi connectivity index (χ1) is 8.52. The predicted octanol–water partition coefficient (Wildman–Crippen LogP) is 2.25. The van der Waals surface area contributed by atoms with Crippen LogP contribution in [0.15, 0.2) is 12.3 Å². The van der Waals surface area contributed by atoms with Crippen molar-refractivity contribution in [1.82, 2.24) is 4.98 Å².